The smallest absolute Gasteiger partial charge is 0.197 e. The van der Waals surface area contributed by atoms with E-state index in [0.717, 1.165) is 11.1 Å². The van der Waals surface area contributed by atoms with Crippen LogP contribution in [0.3, 0.4) is 0 Å². The highest BCUT2D eigenvalue weighted by Crippen LogP contribution is 2.40. The number of carbonyl (C=O) groups excluding carboxylic acids is 1. The molecule has 0 spiro atoms. The maximum absolute atomic E-state index is 12.9. The third-order valence-corrected chi connectivity index (χ3v) is 4.12. The van der Waals surface area contributed by atoms with Crippen LogP contribution in [0.5, 0.6) is 11.5 Å². The first-order valence-corrected chi connectivity index (χ1v) is 7.83. The summed E-state index contributed by atoms with van der Waals surface area (Å²) in [6.45, 7) is 4.12. The van der Waals surface area contributed by atoms with Gasteiger partial charge in [-0.05, 0) is 18.4 Å². The Morgan fingerprint density at radius 1 is 1.09 bits per heavy atom. The average Bonchev–Trinajstić information content (AvgIpc) is 2.60. The first-order valence-electron chi connectivity index (χ1n) is 7.83. The Kier molecular flexibility index (Phi) is 5.40. The van der Waals surface area contributed by atoms with Crippen LogP contribution >= 0.6 is 0 Å². The lowest BCUT2D eigenvalue weighted by Gasteiger charge is -2.21. The lowest BCUT2D eigenvalue weighted by atomic mass is 9.88. The van der Waals surface area contributed by atoms with Gasteiger partial charge in [-0.15, -0.1) is 0 Å². The molecule has 4 nitrogen and oxygen atoms in total. The van der Waals surface area contributed by atoms with E-state index < -0.39 is 0 Å². The van der Waals surface area contributed by atoms with Gasteiger partial charge in [0.2, 0.25) is 0 Å². The quantitative estimate of drug-likeness (QED) is 0.803. The highest BCUT2D eigenvalue weighted by atomic mass is 16.5. The Morgan fingerprint density at radius 3 is 2.17 bits per heavy atom. The molecule has 0 aliphatic carbocycles. The van der Waals surface area contributed by atoms with Gasteiger partial charge in [0, 0.05) is 23.2 Å². The molecule has 0 atom stereocenters. The number of methoxy groups -OCH3 is 1. The fourth-order valence-corrected chi connectivity index (χ4v) is 3.03. The van der Waals surface area contributed by atoms with Crippen molar-refractivity contribution >= 4 is 5.78 Å². The third kappa shape index (κ3) is 2.94. The number of aromatic hydroxyl groups is 1. The van der Waals surface area contributed by atoms with Gasteiger partial charge in [-0.1, -0.05) is 44.2 Å². The summed E-state index contributed by atoms with van der Waals surface area (Å²) in [5.41, 5.74) is 8.99. The van der Waals surface area contributed by atoms with Gasteiger partial charge in [0.1, 0.15) is 11.5 Å². The highest BCUT2D eigenvalue weighted by Gasteiger charge is 2.26. The normalized spacial score (nSPS) is 10.6. The molecule has 23 heavy (non-hydrogen) atoms. The van der Waals surface area contributed by atoms with Crippen LogP contribution in [0.25, 0.3) is 0 Å². The van der Waals surface area contributed by atoms with E-state index in [0.29, 0.717) is 35.3 Å². The summed E-state index contributed by atoms with van der Waals surface area (Å²) in [4.78, 5) is 12.9. The van der Waals surface area contributed by atoms with E-state index in [-0.39, 0.29) is 18.1 Å². The maximum atomic E-state index is 12.9. The molecule has 0 unspecified atom stereocenters. The number of hydrogen-bond acceptors (Lipinski definition) is 4. The van der Waals surface area contributed by atoms with E-state index in [9.17, 15) is 9.90 Å². The van der Waals surface area contributed by atoms with Crippen molar-refractivity contribution in [2.24, 2.45) is 5.73 Å². The van der Waals surface area contributed by atoms with Crippen LogP contribution in [0.15, 0.2) is 30.3 Å². The lowest BCUT2D eigenvalue weighted by Crippen LogP contribution is -2.14. The number of nitrogens with two attached hydrogens (primary N) is 1. The largest absolute Gasteiger partial charge is 0.507 e. The minimum Gasteiger partial charge on any atom is -0.507 e. The fraction of sp³-hybridized carbons (Fsp3) is 0.316. The van der Waals surface area contributed by atoms with Crippen LogP contribution in [0.2, 0.25) is 0 Å². The van der Waals surface area contributed by atoms with E-state index in [4.69, 9.17) is 10.5 Å². The summed E-state index contributed by atoms with van der Waals surface area (Å²) >= 11 is 0. The number of carbonyl (C=O) groups is 1. The molecule has 0 aliphatic heterocycles. The van der Waals surface area contributed by atoms with Crippen molar-refractivity contribution in [3.05, 3.63) is 58.1 Å². The summed E-state index contributed by atoms with van der Waals surface area (Å²) in [6.07, 6.45) is 1.15. The third-order valence-electron chi connectivity index (χ3n) is 4.12. The molecular weight excluding hydrogens is 290 g/mol. The number of ether oxygens (including phenoxy) is 1. The first kappa shape index (κ1) is 17.0. The predicted molar refractivity (Wildman–Crippen MR) is 91.2 cm³/mol. The molecule has 0 radical (unpaired) electrons. The first-order chi connectivity index (χ1) is 11.1. The standard InChI is InChI=1S/C19H23NO3/c1-4-13-15(11-20)19(23-3)14(5-2)18(22)16(13)17(21)12-9-7-6-8-10-12/h6-10,22H,4-5,11,20H2,1-3H3. The van der Waals surface area contributed by atoms with Crippen LogP contribution in [-0.4, -0.2) is 18.0 Å². The number of rotatable bonds is 6. The van der Waals surface area contributed by atoms with E-state index in [1.807, 2.05) is 32.0 Å². The summed E-state index contributed by atoms with van der Waals surface area (Å²) in [6, 6.07) is 8.97. The Hall–Kier alpha value is -2.33. The molecule has 3 N–H and O–H groups in total. The van der Waals surface area contributed by atoms with E-state index in [2.05, 4.69) is 0 Å². The van der Waals surface area contributed by atoms with Gasteiger partial charge in [0.05, 0.1) is 12.7 Å². The van der Waals surface area contributed by atoms with E-state index in [1.165, 1.54) is 0 Å². The number of benzene rings is 2. The van der Waals surface area contributed by atoms with Gasteiger partial charge in [-0.2, -0.15) is 0 Å². The second-order valence-electron chi connectivity index (χ2n) is 5.30. The molecule has 4 heteroatoms. The highest BCUT2D eigenvalue weighted by molar-refractivity contribution is 6.12. The van der Waals surface area contributed by atoms with Crippen molar-refractivity contribution in [2.45, 2.75) is 33.2 Å². The average molecular weight is 313 g/mol. The second-order valence-corrected chi connectivity index (χ2v) is 5.30. The molecular formula is C19H23NO3. The SMILES string of the molecule is CCc1c(O)c(C(=O)c2ccccc2)c(CC)c(CN)c1OC. The Labute approximate surface area is 136 Å². The summed E-state index contributed by atoms with van der Waals surface area (Å²) in [7, 11) is 1.56. The molecule has 0 aromatic heterocycles. The van der Waals surface area contributed by atoms with Crippen LogP contribution < -0.4 is 10.5 Å². The Bertz CT molecular complexity index is 709. The van der Waals surface area contributed by atoms with Crippen LogP contribution in [-0.2, 0) is 19.4 Å². The minimum absolute atomic E-state index is 0.00672. The lowest BCUT2D eigenvalue weighted by molar-refractivity contribution is 0.103. The molecule has 0 saturated heterocycles. The van der Waals surface area contributed by atoms with Crippen molar-refractivity contribution < 1.29 is 14.6 Å². The minimum atomic E-state index is -0.188. The molecule has 0 amide bonds. The summed E-state index contributed by atoms with van der Waals surface area (Å²) in [5.74, 6) is 0.410. The zero-order chi connectivity index (χ0) is 17.0. The molecule has 2 aromatic rings. The van der Waals surface area contributed by atoms with Gasteiger partial charge < -0.3 is 15.6 Å². The van der Waals surface area contributed by atoms with Crippen molar-refractivity contribution in [2.75, 3.05) is 7.11 Å². The monoisotopic (exact) mass is 313 g/mol. The number of hydrogen-bond donors (Lipinski definition) is 2. The van der Waals surface area contributed by atoms with Gasteiger partial charge in [-0.25, -0.2) is 0 Å². The molecule has 2 rings (SSSR count). The Balaban J connectivity index is 2.79. The molecule has 122 valence electrons. The number of phenols is 1. The molecule has 0 bridgehead atoms. The van der Waals surface area contributed by atoms with Crippen molar-refractivity contribution in [1.29, 1.82) is 0 Å². The second kappa shape index (κ2) is 7.29. The Morgan fingerprint density at radius 2 is 1.70 bits per heavy atom. The molecule has 2 aromatic carbocycles. The van der Waals surface area contributed by atoms with Crippen molar-refractivity contribution in [1.82, 2.24) is 0 Å². The number of ketones is 1. The van der Waals surface area contributed by atoms with Crippen LogP contribution in [0, 0.1) is 0 Å². The van der Waals surface area contributed by atoms with Gasteiger partial charge in [0.25, 0.3) is 0 Å². The van der Waals surface area contributed by atoms with E-state index >= 15 is 0 Å². The van der Waals surface area contributed by atoms with Gasteiger partial charge in [-0.3, -0.25) is 4.79 Å². The summed E-state index contributed by atoms with van der Waals surface area (Å²) < 4.78 is 5.47. The maximum Gasteiger partial charge on any atom is 0.197 e. The van der Waals surface area contributed by atoms with Gasteiger partial charge in [0.15, 0.2) is 5.78 Å². The topological polar surface area (TPSA) is 72.5 Å². The van der Waals surface area contributed by atoms with Crippen molar-refractivity contribution in [3.63, 3.8) is 0 Å². The van der Waals surface area contributed by atoms with E-state index in [1.54, 1.807) is 19.2 Å². The van der Waals surface area contributed by atoms with Gasteiger partial charge >= 0.3 is 0 Å². The number of phenolic OH excluding ortho intramolecular Hbond substituents is 1. The van der Waals surface area contributed by atoms with Crippen LogP contribution in [0.4, 0.5) is 0 Å². The molecule has 0 fully saturated rings. The molecule has 0 aliphatic rings. The van der Waals surface area contributed by atoms with Crippen LogP contribution in [0.1, 0.15) is 46.5 Å². The summed E-state index contributed by atoms with van der Waals surface area (Å²) in [5, 5.41) is 10.7. The molecule has 0 saturated carbocycles. The molecule has 0 heterocycles. The fourth-order valence-electron chi connectivity index (χ4n) is 3.03. The zero-order valence-electron chi connectivity index (χ0n) is 13.8. The van der Waals surface area contributed by atoms with Crippen molar-refractivity contribution in [3.8, 4) is 11.5 Å². The predicted octanol–water partition coefficient (Wildman–Crippen LogP) is 3.22. The zero-order valence-corrected chi connectivity index (χ0v) is 13.8.